The van der Waals surface area contributed by atoms with E-state index in [0.717, 1.165) is 16.8 Å². The van der Waals surface area contributed by atoms with Crippen molar-refractivity contribution in [2.24, 2.45) is 0 Å². The molecule has 1 N–H and O–H groups in total. The molecule has 1 aromatic carbocycles. The zero-order valence-electron chi connectivity index (χ0n) is 12.0. The summed E-state index contributed by atoms with van der Waals surface area (Å²) in [7, 11) is 0. The van der Waals surface area contributed by atoms with Crippen LogP contribution in [-0.2, 0) is 13.1 Å². The van der Waals surface area contributed by atoms with Crippen LogP contribution in [-0.4, -0.2) is 31.0 Å². The molecule has 2 aromatic heterocycles. The van der Waals surface area contributed by atoms with Crippen LogP contribution in [0, 0.1) is 5.82 Å². The minimum absolute atomic E-state index is 0.149. The Labute approximate surface area is 131 Å². The summed E-state index contributed by atoms with van der Waals surface area (Å²) in [5.74, 6) is -0.458. The van der Waals surface area contributed by atoms with Crippen LogP contribution in [0.4, 0.5) is 4.39 Å². The van der Waals surface area contributed by atoms with Gasteiger partial charge in [-0.05, 0) is 30.3 Å². The van der Waals surface area contributed by atoms with Crippen molar-refractivity contribution >= 4 is 5.91 Å². The number of carbonyl (C=O) groups is 1. The van der Waals surface area contributed by atoms with E-state index in [-0.39, 0.29) is 11.7 Å². The third-order valence-corrected chi connectivity index (χ3v) is 3.82. The highest BCUT2D eigenvalue weighted by atomic mass is 19.1. The molecule has 1 aliphatic heterocycles. The lowest BCUT2D eigenvalue weighted by Crippen LogP contribution is -2.25. The fraction of sp³-hybridized carbons (Fsp3) is 0.125. The average molecular weight is 309 g/mol. The third kappa shape index (κ3) is 2.46. The lowest BCUT2D eigenvalue weighted by Gasteiger charge is -2.13. The molecule has 3 heterocycles. The maximum Gasteiger partial charge on any atom is 0.272 e. The Balaban J connectivity index is 1.55. The monoisotopic (exact) mass is 309 g/mol. The number of hydrogen-bond donors (Lipinski definition) is 1. The topological polar surface area (TPSA) is 74.8 Å². The van der Waals surface area contributed by atoms with E-state index >= 15 is 0 Å². The molecule has 114 valence electrons. The van der Waals surface area contributed by atoms with E-state index in [4.69, 9.17) is 0 Å². The molecule has 0 atom stereocenters. The Morgan fingerprint density at radius 3 is 2.83 bits per heavy atom. The van der Waals surface area contributed by atoms with Crippen molar-refractivity contribution in [3.05, 3.63) is 65.6 Å². The standard InChI is InChI=1S/C16H12FN5O/c17-12-3-1-10(2-4-12)13-5-14(21-20-13)16(23)22-7-11-6-18-9-19-15(11)8-22/h1-6,9H,7-8H2,(H,20,21). The molecular weight excluding hydrogens is 297 g/mol. The van der Waals surface area contributed by atoms with Gasteiger partial charge in [-0.2, -0.15) is 5.10 Å². The van der Waals surface area contributed by atoms with Crippen molar-refractivity contribution in [3.63, 3.8) is 0 Å². The predicted molar refractivity (Wildman–Crippen MR) is 79.6 cm³/mol. The highest BCUT2D eigenvalue weighted by molar-refractivity contribution is 5.93. The minimum Gasteiger partial charge on any atom is -0.327 e. The van der Waals surface area contributed by atoms with Gasteiger partial charge < -0.3 is 4.90 Å². The van der Waals surface area contributed by atoms with Gasteiger partial charge in [-0.25, -0.2) is 14.4 Å². The molecule has 7 heteroatoms. The summed E-state index contributed by atoms with van der Waals surface area (Å²) < 4.78 is 13.0. The number of amides is 1. The van der Waals surface area contributed by atoms with Crippen LogP contribution in [0.25, 0.3) is 11.3 Å². The maximum absolute atomic E-state index is 13.0. The largest absolute Gasteiger partial charge is 0.327 e. The van der Waals surface area contributed by atoms with E-state index in [1.54, 1.807) is 29.3 Å². The zero-order valence-corrected chi connectivity index (χ0v) is 12.0. The Kier molecular flexibility index (Phi) is 3.11. The molecule has 0 radical (unpaired) electrons. The SMILES string of the molecule is O=C(c1cc(-c2ccc(F)cc2)n[nH]1)N1Cc2cncnc2C1. The second-order valence-electron chi connectivity index (χ2n) is 5.33. The first-order valence-electron chi connectivity index (χ1n) is 7.09. The summed E-state index contributed by atoms with van der Waals surface area (Å²) in [6, 6.07) is 7.65. The number of nitrogens with zero attached hydrogens (tertiary/aromatic N) is 4. The second-order valence-corrected chi connectivity index (χ2v) is 5.33. The molecule has 0 saturated heterocycles. The van der Waals surface area contributed by atoms with Crippen molar-refractivity contribution in [3.8, 4) is 11.3 Å². The van der Waals surface area contributed by atoms with E-state index < -0.39 is 0 Å². The number of nitrogens with one attached hydrogen (secondary N) is 1. The Morgan fingerprint density at radius 2 is 2.04 bits per heavy atom. The smallest absolute Gasteiger partial charge is 0.272 e. The molecule has 23 heavy (non-hydrogen) atoms. The van der Waals surface area contributed by atoms with Gasteiger partial charge in [0.1, 0.15) is 17.8 Å². The van der Waals surface area contributed by atoms with Crippen molar-refractivity contribution in [2.45, 2.75) is 13.1 Å². The maximum atomic E-state index is 13.0. The minimum atomic E-state index is -0.309. The summed E-state index contributed by atoms with van der Waals surface area (Å²) in [5, 5.41) is 6.89. The molecule has 0 saturated carbocycles. The molecule has 0 spiro atoms. The summed E-state index contributed by atoms with van der Waals surface area (Å²) in [4.78, 5) is 22.4. The lowest BCUT2D eigenvalue weighted by molar-refractivity contribution is 0.0744. The van der Waals surface area contributed by atoms with Crippen LogP contribution in [0.2, 0.25) is 0 Å². The van der Waals surface area contributed by atoms with Gasteiger partial charge in [0.05, 0.1) is 17.9 Å². The number of hydrogen-bond acceptors (Lipinski definition) is 4. The molecule has 0 bridgehead atoms. The predicted octanol–water partition coefficient (Wildman–Crippen LogP) is 2.16. The fourth-order valence-corrected chi connectivity index (χ4v) is 2.61. The number of rotatable bonds is 2. The van der Waals surface area contributed by atoms with Gasteiger partial charge in [0.15, 0.2) is 0 Å². The van der Waals surface area contributed by atoms with Crippen LogP contribution in [0.3, 0.4) is 0 Å². The average Bonchev–Trinajstić information content (AvgIpc) is 3.22. The number of halogens is 1. The van der Waals surface area contributed by atoms with Crippen molar-refractivity contribution < 1.29 is 9.18 Å². The van der Waals surface area contributed by atoms with Gasteiger partial charge in [-0.15, -0.1) is 0 Å². The number of aromatic amines is 1. The highest BCUT2D eigenvalue weighted by Gasteiger charge is 2.26. The second kappa shape index (κ2) is 5.28. The molecule has 1 aliphatic rings. The van der Waals surface area contributed by atoms with E-state index in [2.05, 4.69) is 20.2 Å². The van der Waals surface area contributed by atoms with Crippen LogP contribution in [0.15, 0.2) is 42.9 Å². The first-order valence-corrected chi connectivity index (χ1v) is 7.09. The van der Waals surface area contributed by atoms with Crippen molar-refractivity contribution in [1.29, 1.82) is 0 Å². The molecule has 0 unspecified atom stereocenters. The molecule has 6 nitrogen and oxygen atoms in total. The van der Waals surface area contributed by atoms with Crippen LogP contribution >= 0.6 is 0 Å². The lowest BCUT2D eigenvalue weighted by atomic mass is 10.1. The van der Waals surface area contributed by atoms with E-state index in [0.29, 0.717) is 24.5 Å². The van der Waals surface area contributed by atoms with E-state index in [9.17, 15) is 9.18 Å². The van der Waals surface area contributed by atoms with Crippen molar-refractivity contribution in [1.82, 2.24) is 25.1 Å². The number of fused-ring (bicyclic) bond motifs is 1. The molecule has 3 aromatic rings. The normalized spacial score (nSPS) is 13.2. The highest BCUT2D eigenvalue weighted by Crippen LogP contribution is 2.23. The summed E-state index contributed by atoms with van der Waals surface area (Å²) in [6.07, 6.45) is 3.21. The number of carbonyl (C=O) groups excluding carboxylic acids is 1. The van der Waals surface area contributed by atoms with E-state index in [1.807, 2.05) is 0 Å². The molecule has 0 fully saturated rings. The first-order chi connectivity index (χ1) is 11.2. The molecule has 1 amide bonds. The number of aromatic nitrogens is 4. The fourth-order valence-electron chi connectivity index (χ4n) is 2.61. The molecular formula is C16H12FN5O. The number of benzene rings is 1. The Morgan fingerprint density at radius 1 is 1.22 bits per heavy atom. The van der Waals surface area contributed by atoms with Crippen LogP contribution < -0.4 is 0 Å². The van der Waals surface area contributed by atoms with Gasteiger partial charge in [-0.3, -0.25) is 9.89 Å². The quantitative estimate of drug-likeness (QED) is 0.787. The Bertz CT molecular complexity index is 849. The van der Waals surface area contributed by atoms with Gasteiger partial charge in [0.25, 0.3) is 5.91 Å². The van der Waals surface area contributed by atoms with Gasteiger partial charge in [0.2, 0.25) is 0 Å². The van der Waals surface area contributed by atoms with Crippen LogP contribution in [0.1, 0.15) is 21.7 Å². The van der Waals surface area contributed by atoms with Gasteiger partial charge in [0, 0.05) is 23.9 Å². The molecule has 0 aliphatic carbocycles. The van der Waals surface area contributed by atoms with E-state index in [1.165, 1.54) is 18.5 Å². The van der Waals surface area contributed by atoms with Gasteiger partial charge >= 0.3 is 0 Å². The third-order valence-electron chi connectivity index (χ3n) is 3.82. The van der Waals surface area contributed by atoms with Crippen LogP contribution in [0.5, 0.6) is 0 Å². The first kappa shape index (κ1) is 13.6. The van der Waals surface area contributed by atoms with Crippen molar-refractivity contribution in [2.75, 3.05) is 0 Å². The number of H-pyrrole nitrogens is 1. The summed E-state index contributed by atoms with van der Waals surface area (Å²) >= 11 is 0. The Hall–Kier alpha value is -3.09. The zero-order chi connectivity index (χ0) is 15.8. The molecule has 4 rings (SSSR count). The summed E-state index contributed by atoms with van der Waals surface area (Å²) in [6.45, 7) is 0.946. The summed E-state index contributed by atoms with van der Waals surface area (Å²) in [5.41, 5.74) is 3.57. The van der Waals surface area contributed by atoms with Gasteiger partial charge in [-0.1, -0.05) is 0 Å².